The molecule has 0 aliphatic heterocycles. The molecule has 4 heteroatoms. The van der Waals surface area contributed by atoms with Gasteiger partial charge in [-0.15, -0.1) is 0 Å². The lowest BCUT2D eigenvalue weighted by molar-refractivity contribution is 0.106. The van der Waals surface area contributed by atoms with Crippen molar-refractivity contribution in [1.29, 1.82) is 0 Å². The van der Waals surface area contributed by atoms with Crippen LogP contribution in [0.5, 0.6) is 5.75 Å². The maximum Gasteiger partial charge on any atom is 0.124 e. The fourth-order valence-electron chi connectivity index (χ4n) is 2.24. The Morgan fingerprint density at radius 1 is 1.15 bits per heavy atom. The van der Waals surface area contributed by atoms with Gasteiger partial charge in [0.1, 0.15) is 5.75 Å². The van der Waals surface area contributed by atoms with Gasteiger partial charge in [-0.2, -0.15) is 0 Å². The topological polar surface area (TPSA) is 35.9 Å². The highest BCUT2D eigenvalue weighted by molar-refractivity contribution is 5.35. The van der Waals surface area contributed by atoms with Gasteiger partial charge in [-0.1, -0.05) is 25.1 Å². The number of benzene rings is 1. The van der Waals surface area contributed by atoms with E-state index in [1.807, 2.05) is 24.3 Å². The van der Waals surface area contributed by atoms with E-state index in [2.05, 4.69) is 30.8 Å². The number of ether oxygens (including phenoxy) is 1. The molecule has 0 amide bonds. The molecule has 0 saturated carbocycles. The fraction of sp³-hybridized carbons (Fsp3) is 0.625. The first-order chi connectivity index (χ1) is 9.58. The molecule has 1 aromatic rings. The zero-order valence-corrected chi connectivity index (χ0v) is 13.2. The monoisotopic (exact) mass is 280 g/mol. The number of hydrogen-bond donors (Lipinski definition) is 1. The second-order valence-corrected chi connectivity index (χ2v) is 5.36. The summed E-state index contributed by atoms with van der Waals surface area (Å²) in [6.45, 7) is 5.77. The third-order valence-corrected chi connectivity index (χ3v) is 3.33. The summed E-state index contributed by atoms with van der Waals surface area (Å²) in [5, 5.41) is 10.5. The van der Waals surface area contributed by atoms with Gasteiger partial charge in [0.2, 0.25) is 0 Å². The molecule has 0 saturated heterocycles. The molecule has 1 atom stereocenters. The van der Waals surface area contributed by atoms with E-state index < -0.39 is 6.10 Å². The molecule has 0 aliphatic rings. The molecule has 0 heterocycles. The molecule has 20 heavy (non-hydrogen) atoms. The minimum atomic E-state index is -0.514. The molecular formula is C16H28N2O2. The number of rotatable bonds is 9. The molecule has 4 nitrogen and oxygen atoms in total. The minimum absolute atomic E-state index is 0.514. The molecule has 1 N–H and O–H groups in total. The van der Waals surface area contributed by atoms with Crippen molar-refractivity contribution in [2.24, 2.45) is 0 Å². The standard InChI is InChI=1S/C16H28N2O2/c1-5-10-18(12-11-17(2)3)13-15(19)14-8-6-7-9-16(14)20-4/h6-9,15,19H,5,10-13H2,1-4H3. The predicted molar refractivity (Wildman–Crippen MR) is 83.2 cm³/mol. The summed E-state index contributed by atoms with van der Waals surface area (Å²) in [7, 11) is 5.78. The van der Waals surface area contributed by atoms with Gasteiger partial charge < -0.3 is 14.7 Å². The molecule has 0 aliphatic carbocycles. The highest BCUT2D eigenvalue weighted by Gasteiger charge is 2.16. The first kappa shape index (κ1) is 17.0. The van der Waals surface area contributed by atoms with Crippen molar-refractivity contribution < 1.29 is 9.84 Å². The van der Waals surface area contributed by atoms with E-state index in [-0.39, 0.29) is 0 Å². The molecule has 114 valence electrons. The van der Waals surface area contributed by atoms with Crippen LogP contribution in [0.4, 0.5) is 0 Å². The van der Waals surface area contributed by atoms with Crippen LogP contribution in [-0.4, -0.2) is 62.3 Å². The van der Waals surface area contributed by atoms with Gasteiger partial charge >= 0.3 is 0 Å². The van der Waals surface area contributed by atoms with E-state index >= 15 is 0 Å². The molecule has 0 bridgehead atoms. The van der Waals surface area contributed by atoms with E-state index in [4.69, 9.17) is 4.74 Å². The third-order valence-electron chi connectivity index (χ3n) is 3.33. The molecule has 0 aromatic heterocycles. The van der Waals surface area contributed by atoms with Gasteiger partial charge in [-0.25, -0.2) is 0 Å². The van der Waals surface area contributed by atoms with Crippen LogP contribution in [0, 0.1) is 0 Å². The normalized spacial score (nSPS) is 12.9. The van der Waals surface area contributed by atoms with Crippen LogP contribution in [0.2, 0.25) is 0 Å². The number of methoxy groups -OCH3 is 1. The smallest absolute Gasteiger partial charge is 0.124 e. The maximum atomic E-state index is 10.5. The van der Waals surface area contributed by atoms with Gasteiger partial charge in [0.15, 0.2) is 0 Å². The molecule has 1 rings (SSSR count). The quantitative estimate of drug-likeness (QED) is 0.750. The summed E-state index contributed by atoms with van der Waals surface area (Å²) in [4.78, 5) is 4.47. The number of nitrogens with zero attached hydrogens (tertiary/aromatic N) is 2. The SMILES string of the molecule is CCCN(CCN(C)C)CC(O)c1ccccc1OC. The predicted octanol–water partition coefficient (Wildman–Crippen LogP) is 2.00. The van der Waals surface area contributed by atoms with Crippen LogP contribution in [0.3, 0.4) is 0 Å². The Morgan fingerprint density at radius 3 is 2.45 bits per heavy atom. The Morgan fingerprint density at radius 2 is 1.85 bits per heavy atom. The zero-order valence-electron chi connectivity index (χ0n) is 13.2. The van der Waals surface area contributed by atoms with Gasteiger partial charge in [0, 0.05) is 25.2 Å². The molecule has 1 unspecified atom stereocenters. The highest BCUT2D eigenvalue weighted by Crippen LogP contribution is 2.25. The van der Waals surface area contributed by atoms with Crippen molar-refractivity contribution in [3.8, 4) is 5.75 Å². The molecule has 1 aromatic carbocycles. The molecule has 0 spiro atoms. The minimum Gasteiger partial charge on any atom is -0.496 e. The Kier molecular flexibility index (Phi) is 7.59. The van der Waals surface area contributed by atoms with Crippen LogP contribution in [-0.2, 0) is 0 Å². The first-order valence-corrected chi connectivity index (χ1v) is 7.26. The Hall–Kier alpha value is -1.10. The van der Waals surface area contributed by atoms with Crippen molar-refractivity contribution in [3.63, 3.8) is 0 Å². The van der Waals surface area contributed by atoms with Crippen LogP contribution < -0.4 is 4.74 Å². The average Bonchev–Trinajstić information content (AvgIpc) is 2.44. The van der Waals surface area contributed by atoms with Gasteiger partial charge in [-0.3, -0.25) is 4.90 Å². The second-order valence-electron chi connectivity index (χ2n) is 5.36. The van der Waals surface area contributed by atoms with E-state index in [0.29, 0.717) is 6.54 Å². The lowest BCUT2D eigenvalue weighted by Crippen LogP contribution is -2.35. The van der Waals surface area contributed by atoms with Crippen LogP contribution >= 0.6 is 0 Å². The van der Waals surface area contributed by atoms with Gasteiger partial charge in [-0.05, 0) is 33.1 Å². The summed E-state index contributed by atoms with van der Waals surface area (Å²) in [5.41, 5.74) is 0.862. The Bertz CT molecular complexity index is 382. The van der Waals surface area contributed by atoms with Crippen LogP contribution in [0.15, 0.2) is 24.3 Å². The number of aliphatic hydroxyl groups is 1. The number of hydrogen-bond acceptors (Lipinski definition) is 4. The Balaban J connectivity index is 2.66. The molecular weight excluding hydrogens is 252 g/mol. The van der Waals surface area contributed by atoms with Crippen molar-refractivity contribution in [1.82, 2.24) is 9.80 Å². The summed E-state index contributed by atoms with van der Waals surface area (Å²) in [5.74, 6) is 0.754. The number of para-hydroxylation sites is 1. The van der Waals surface area contributed by atoms with Crippen molar-refractivity contribution >= 4 is 0 Å². The van der Waals surface area contributed by atoms with Crippen molar-refractivity contribution in [2.45, 2.75) is 19.4 Å². The molecule has 0 fully saturated rings. The summed E-state index contributed by atoms with van der Waals surface area (Å²) in [6.07, 6.45) is 0.575. The zero-order chi connectivity index (χ0) is 15.0. The van der Waals surface area contributed by atoms with Crippen molar-refractivity contribution in [2.75, 3.05) is 47.4 Å². The molecule has 0 radical (unpaired) electrons. The van der Waals surface area contributed by atoms with Crippen LogP contribution in [0.25, 0.3) is 0 Å². The average molecular weight is 280 g/mol. The second kappa shape index (κ2) is 8.95. The summed E-state index contributed by atoms with van der Waals surface area (Å²) >= 11 is 0. The van der Waals surface area contributed by atoms with E-state index in [1.165, 1.54) is 0 Å². The van der Waals surface area contributed by atoms with Gasteiger partial charge in [0.05, 0.1) is 13.2 Å². The van der Waals surface area contributed by atoms with Gasteiger partial charge in [0.25, 0.3) is 0 Å². The van der Waals surface area contributed by atoms with E-state index in [0.717, 1.165) is 37.4 Å². The lowest BCUT2D eigenvalue weighted by Gasteiger charge is -2.26. The van der Waals surface area contributed by atoms with Crippen molar-refractivity contribution in [3.05, 3.63) is 29.8 Å². The fourth-order valence-corrected chi connectivity index (χ4v) is 2.24. The lowest BCUT2D eigenvalue weighted by atomic mass is 10.1. The summed E-state index contributed by atoms with van der Waals surface area (Å²) in [6, 6.07) is 7.68. The third kappa shape index (κ3) is 5.49. The first-order valence-electron chi connectivity index (χ1n) is 7.26. The number of likely N-dealkylation sites (N-methyl/N-ethyl adjacent to an activating group) is 1. The van der Waals surface area contributed by atoms with Crippen LogP contribution in [0.1, 0.15) is 25.0 Å². The largest absolute Gasteiger partial charge is 0.496 e. The number of aliphatic hydroxyl groups excluding tert-OH is 1. The Labute approximate surface area is 123 Å². The maximum absolute atomic E-state index is 10.5. The van der Waals surface area contributed by atoms with E-state index in [1.54, 1.807) is 7.11 Å². The summed E-state index contributed by atoms with van der Waals surface area (Å²) < 4.78 is 5.32. The highest BCUT2D eigenvalue weighted by atomic mass is 16.5. The van der Waals surface area contributed by atoms with E-state index in [9.17, 15) is 5.11 Å².